The number of benzene rings is 2. The maximum Gasteiger partial charge on any atom is 0.410 e. The quantitative estimate of drug-likeness (QED) is 0.119. The molecule has 9 atom stereocenters. The zero-order chi connectivity index (χ0) is 45.4. The molecular weight excluding hydrogens is 781 g/mol. The van der Waals surface area contributed by atoms with Crippen LogP contribution in [0.4, 0.5) is 10.5 Å². The van der Waals surface area contributed by atoms with Gasteiger partial charge in [0.2, 0.25) is 23.6 Å². The molecule has 0 aromatic heterocycles. The van der Waals surface area contributed by atoms with Gasteiger partial charge in [0, 0.05) is 53.0 Å². The van der Waals surface area contributed by atoms with Gasteiger partial charge in [-0.1, -0.05) is 83.5 Å². The topological polar surface area (TPSA) is 179 Å². The van der Waals surface area contributed by atoms with Gasteiger partial charge in [-0.15, -0.1) is 0 Å². The molecule has 2 aromatic rings. The number of likely N-dealkylation sites (tertiary alicyclic amines) is 1. The van der Waals surface area contributed by atoms with E-state index in [4.69, 9.17) is 14.2 Å². The monoisotopic (exact) mass is 853 g/mol. The van der Waals surface area contributed by atoms with Crippen molar-refractivity contribution in [3.05, 3.63) is 65.7 Å². The van der Waals surface area contributed by atoms with Gasteiger partial charge in [0.15, 0.2) is 0 Å². The summed E-state index contributed by atoms with van der Waals surface area (Å²) in [6.07, 6.45) is -0.521. The first-order chi connectivity index (χ1) is 29.0. The van der Waals surface area contributed by atoms with Crippen molar-refractivity contribution in [1.82, 2.24) is 25.3 Å². The second kappa shape index (κ2) is 24.8. The van der Waals surface area contributed by atoms with Gasteiger partial charge in [-0.25, -0.2) is 4.79 Å². The van der Waals surface area contributed by atoms with Crippen LogP contribution >= 0.6 is 0 Å². The third-order valence-electron chi connectivity index (χ3n) is 12.2. The lowest BCUT2D eigenvalue weighted by molar-refractivity contribution is -0.146. The Bertz CT molecular complexity index is 1700. The van der Waals surface area contributed by atoms with E-state index >= 15 is 0 Å². The molecule has 340 valence electrons. The molecule has 0 saturated carbocycles. The SMILES string of the molecule is CCC(C)C(C(CC(=O)N1CCCC1C(OC)C(C)C(=O)NC(C)C(O)c1ccccc1)OC)N(C)C(=O)CC(C(C)C)N(C)C(=O)OCc1ccc(NC(=O)CNC)cc1. The fourth-order valence-electron chi connectivity index (χ4n) is 8.27. The van der Waals surface area contributed by atoms with E-state index in [2.05, 4.69) is 16.0 Å². The predicted molar refractivity (Wildman–Crippen MR) is 235 cm³/mol. The maximum absolute atomic E-state index is 14.2. The van der Waals surface area contributed by atoms with Gasteiger partial charge in [-0.3, -0.25) is 19.2 Å². The van der Waals surface area contributed by atoms with Crippen LogP contribution in [0.3, 0.4) is 0 Å². The highest BCUT2D eigenvalue weighted by atomic mass is 16.6. The third-order valence-corrected chi connectivity index (χ3v) is 12.2. The molecule has 3 rings (SSSR count). The molecular formula is C46H72N6O9. The molecule has 1 aliphatic heterocycles. The highest BCUT2D eigenvalue weighted by Crippen LogP contribution is 2.30. The summed E-state index contributed by atoms with van der Waals surface area (Å²) in [6, 6.07) is 14.3. The first kappa shape index (κ1) is 50.8. The smallest absolute Gasteiger partial charge is 0.410 e. The zero-order valence-corrected chi connectivity index (χ0v) is 38.2. The van der Waals surface area contributed by atoms with E-state index in [0.29, 0.717) is 24.2 Å². The Morgan fingerprint density at radius 3 is 2.13 bits per heavy atom. The van der Waals surface area contributed by atoms with Gasteiger partial charge in [0.05, 0.1) is 55.3 Å². The minimum Gasteiger partial charge on any atom is -0.445 e. The molecule has 1 fully saturated rings. The molecule has 61 heavy (non-hydrogen) atoms. The lowest BCUT2D eigenvalue weighted by Crippen LogP contribution is -2.54. The molecule has 1 saturated heterocycles. The Kier molecular flexibility index (Phi) is 20.6. The summed E-state index contributed by atoms with van der Waals surface area (Å²) >= 11 is 0. The number of aliphatic hydroxyl groups is 1. The van der Waals surface area contributed by atoms with E-state index in [0.717, 1.165) is 18.4 Å². The first-order valence-electron chi connectivity index (χ1n) is 21.6. The van der Waals surface area contributed by atoms with Gasteiger partial charge in [-0.2, -0.15) is 0 Å². The highest BCUT2D eigenvalue weighted by Gasteiger charge is 2.42. The number of hydrogen-bond acceptors (Lipinski definition) is 10. The number of likely N-dealkylation sites (N-methyl/N-ethyl adjacent to an activating group) is 2. The number of rotatable bonds is 23. The van der Waals surface area contributed by atoms with Crippen molar-refractivity contribution in [3.8, 4) is 0 Å². The molecule has 9 unspecified atom stereocenters. The van der Waals surface area contributed by atoms with Crippen LogP contribution in [0.15, 0.2) is 54.6 Å². The summed E-state index contributed by atoms with van der Waals surface area (Å²) in [5, 5.41) is 19.4. The Morgan fingerprint density at radius 1 is 0.902 bits per heavy atom. The summed E-state index contributed by atoms with van der Waals surface area (Å²) in [7, 11) is 8.15. The Hall–Kier alpha value is -4.57. The van der Waals surface area contributed by atoms with Crippen LogP contribution < -0.4 is 16.0 Å². The van der Waals surface area contributed by atoms with Gasteiger partial charge >= 0.3 is 6.09 Å². The van der Waals surface area contributed by atoms with Crippen LogP contribution in [0.2, 0.25) is 0 Å². The van der Waals surface area contributed by atoms with Gasteiger partial charge in [0.25, 0.3) is 0 Å². The van der Waals surface area contributed by atoms with Gasteiger partial charge in [0.1, 0.15) is 6.61 Å². The third kappa shape index (κ3) is 14.2. The van der Waals surface area contributed by atoms with Crippen molar-refractivity contribution in [2.24, 2.45) is 17.8 Å². The predicted octanol–water partition coefficient (Wildman–Crippen LogP) is 4.99. The highest BCUT2D eigenvalue weighted by molar-refractivity contribution is 5.92. The standard InChI is InChI=1S/C46H72N6O9/c1-12-30(4)42(51(9)40(54)25-37(29(2)3)50(8)46(58)61-28-33-20-22-35(23-21-33)49-39(53)27-47-7)38(59-10)26-41(55)52-24-16-19-36(52)44(60-11)31(5)45(57)48-32(6)43(56)34-17-14-13-15-18-34/h13-15,17-18,20-23,29-32,36-38,42-44,47,56H,12,16,19,24-28H2,1-11H3,(H,48,57)(H,49,53). The lowest BCUT2D eigenvalue weighted by Gasteiger charge is -2.40. The molecule has 0 radical (unpaired) electrons. The average molecular weight is 853 g/mol. The first-order valence-corrected chi connectivity index (χ1v) is 21.6. The van der Waals surface area contributed by atoms with E-state index in [1.165, 1.54) is 4.90 Å². The number of carbonyl (C=O) groups excluding carboxylic acids is 5. The van der Waals surface area contributed by atoms with Gasteiger partial charge < -0.3 is 50.0 Å². The van der Waals surface area contributed by atoms with Crippen LogP contribution in [0, 0.1) is 17.8 Å². The molecule has 1 aliphatic rings. The van der Waals surface area contributed by atoms with Crippen molar-refractivity contribution >= 4 is 35.4 Å². The van der Waals surface area contributed by atoms with Crippen LogP contribution in [-0.4, -0.2) is 134 Å². The van der Waals surface area contributed by atoms with Crippen molar-refractivity contribution in [2.75, 3.05) is 53.8 Å². The number of methoxy groups -OCH3 is 2. The Balaban J connectivity index is 1.67. The summed E-state index contributed by atoms with van der Waals surface area (Å²) in [5.74, 6) is -1.53. The van der Waals surface area contributed by atoms with Crippen LogP contribution in [0.5, 0.6) is 0 Å². The molecule has 0 spiro atoms. The van der Waals surface area contributed by atoms with Crippen molar-refractivity contribution in [3.63, 3.8) is 0 Å². The van der Waals surface area contributed by atoms with E-state index in [1.807, 2.05) is 58.0 Å². The summed E-state index contributed by atoms with van der Waals surface area (Å²) in [5.41, 5.74) is 2.07. The summed E-state index contributed by atoms with van der Waals surface area (Å²) < 4.78 is 17.6. The number of anilines is 1. The van der Waals surface area contributed by atoms with Crippen LogP contribution in [0.1, 0.15) is 90.9 Å². The molecule has 0 aliphatic carbocycles. The maximum atomic E-state index is 14.2. The normalized spacial score (nSPS) is 17.9. The van der Waals surface area contributed by atoms with Gasteiger partial charge in [-0.05, 0) is 61.9 Å². The molecule has 15 nitrogen and oxygen atoms in total. The fraction of sp³-hybridized carbons (Fsp3) is 0.630. The van der Waals surface area contributed by atoms with E-state index < -0.39 is 48.4 Å². The largest absolute Gasteiger partial charge is 0.445 e. The minimum absolute atomic E-state index is 0.0133. The number of aliphatic hydroxyl groups excluding tert-OH is 1. The molecule has 5 amide bonds. The molecule has 15 heteroatoms. The number of nitrogens with zero attached hydrogens (tertiary/aromatic N) is 3. The molecule has 0 bridgehead atoms. The molecule has 2 aromatic carbocycles. The second-order valence-corrected chi connectivity index (χ2v) is 16.8. The van der Waals surface area contributed by atoms with Crippen molar-refractivity contribution < 1.29 is 43.3 Å². The number of amides is 5. The minimum atomic E-state index is -0.891. The number of nitrogens with one attached hydrogen (secondary N) is 3. The van der Waals surface area contributed by atoms with Crippen molar-refractivity contribution in [2.45, 2.75) is 123 Å². The van der Waals surface area contributed by atoms with E-state index in [1.54, 1.807) is 83.3 Å². The lowest BCUT2D eigenvalue weighted by atomic mass is 9.89. The van der Waals surface area contributed by atoms with Crippen LogP contribution in [0.25, 0.3) is 0 Å². The number of hydrogen-bond donors (Lipinski definition) is 4. The fourth-order valence-corrected chi connectivity index (χ4v) is 8.27. The summed E-state index contributed by atoms with van der Waals surface area (Å²) in [6.45, 7) is 12.2. The zero-order valence-electron chi connectivity index (χ0n) is 38.2. The number of carbonyl (C=O) groups is 5. The Labute approximate surface area is 363 Å². The Morgan fingerprint density at radius 2 is 1.56 bits per heavy atom. The summed E-state index contributed by atoms with van der Waals surface area (Å²) in [4.78, 5) is 72.0. The van der Waals surface area contributed by atoms with Crippen LogP contribution in [-0.2, 0) is 40.0 Å². The molecule has 4 N–H and O–H groups in total. The average Bonchev–Trinajstić information content (AvgIpc) is 3.74. The second-order valence-electron chi connectivity index (χ2n) is 16.8. The van der Waals surface area contributed by atoms with Crippen molar-refractivity contribution in [1.29, 1.82) is 0 Å². The van der Waals surface area contributed by atoms with E-state index in [-0.39, 0.29) is 67.5 Å². The number of ether oxygens (including phenoxy) is 3. The van der Waals surface area contributed by atoms with E-state index in [9.17, 15) is 29.1 Å². The molecule has 1 heterocycles.